The molecule has 1 aliphatic rings. The summed E-state index contributed by atoms with van der Waals surface area (Å²) in [6, 6.07) is 5.31. The van der Waals surface area contributed by atoms with Crippen molar-refractivity contribution in [3.63, 3.8) is 0 Å². The third-order valence-corrected chi connectivity index (χ3v) is 6.93. The van der Waals surface area contributed by atoms with E-state index in [4.69, 9.17) is 14.5 Å². The Morgan fingerprint density at radius 3 is 2.33 bits per heavy atom. The highest BCUT2D eigenvalue weighted by atomic mass is 16.5. The molecule has 3 heterocycles. The van der Waals surface area contributed by atoms with Crippen LogP contribution in [0.5, 0.6) is 11.8 Å². The Kier molecular flexibility index (Phi) is 8.69. The lowest BCUT2D eigenvalue weighted by molar-refractivity contribution is 0.298. The number of rotatable bonds is 12. The second-order valence-corrected chi connectivity index (χ2v) is 9.12. The van der Waals surface area contributed by atoms with Gasteiger partial charge in [-0.2, -0.15) is 9.97 Å². The molecular weight excluding hydrogens is 458 g/mol. The Bertz CT molecular complexity index is 1200. The first-order chi connectivity index (χ1) is 17.6. The molecule has 1 N–H and O–H groups in total. The second-order valence-electron chi connectivity index (χ2n) is 9.12. The van der Waals surface area contributed by atoms with Gasteiger partial charge in [0.05, 0.1) is 14.2 Å². The lowest BCUT2D eigenvalue weighted by Crippen LogP contribution is -2.27. The first-order valence-electron chi connectivity index (χ1n) is 12.9. The van der Waals surface area contributed by atoms with Gasteiger partial charge in [0, 0.05) is 30.3 Å². The molecule has 0 atom stereocenters. The smallest absolute Gasteiger partial charge is 0.260 e. The molecule has 3 aromatic rings. The molecule has 0 spiro atoms. The van der Waals surface area contributed by atoms with Crippen LogP contribution < -0.4 is 20.3 Å². The van der Waals surface area contributed by atoms with Gasteiger partial charge in [0.2, 0.25) is 17.7 Å². The molecule has 3 aromatic heterocycles. The number of anilines is 1. The summed E-state index contributed by atoms with van der Waals surface area (Å²) in [5.41, 5.74) is 2.22. The second kappa shape index (κ2) is 12.1. The van der Waals surface area contributed by atoms with Gasteiger partial charge in [0.15, 0.2) is 5.65 Å². The standard InChI is InChI=1S/C26H37N7O3/c1-5-32(6-2)14-10-9-13-27-26-29-24-21(30-31-26)17-20(25(34)33(24)19-11-7-8-12-19)18-15-22(35-3)28-23(16-18)36-4/h15-17,19H,5-14H2,1-4H3,(H,27,29,31). The van der Waals surface area contributed by atoms with E-state index in [0.29, 0.717) is 40.0 Å². The first-order valence-corrected chi connectivity index (χ1v) is 12.9. The fraction of sp³-hybridized carbons (Fsp3) is 0.577. The lowest BCUT2D eigenvalue weighted by Gasteiger charge is -2.18. The van der Waals surface area contributed by atoms with Crippen molar-refractivity contribution in [2.24, 2.45) is 0 Å². The van der Waals surface area contributed by atoms with Gasteiger partial charge in [-0.25, -0.2) is 0 Å². The van der Waals surface area contributed by atoms with Crippen molar-refractivity contribution in [1.29, 1.82) is 0 Å². The Hall–Kier alpha value is -3.27. The van der Waals surface area contributed by atoms with Crippen LogP contribution >= 0.6 is 0 Å². The fourth-order valence-corrected chi connectivity index (χ4v) is 4.85. The average molecular weight is 496 g/mol. The van der Waals surface area contributed by atoms with Gasteiger partial charge in [0.1, 0.15) is 5.52 Å². The number of unbranched alkanes of at least 4 members (excludes halogenated alkanes) is 1. The Morgan fingerprint density at radius 1 is 1.00 bits per heavy atom. The van der Waals surface area contributed by atoms with Crippen molar-refractivity contribution in [2.45, 2.75) is 58.4 Å². The fourth-order valence-electron chi connectivity index (χ4n) is 4.85. The van der Waals surface area contributed by atoms with Crippen LogP contribution in [0.1, 0.15) is 58.4 Å². The molecule has 10 heteroatoms. The summed E-state index contributed by atoms with van der Waals surface area (Å²) in [6.45, 7) is 8.36. The average Bonchev–Trinajstić information content (AvgIpc) is 3.44. The molecule has 194 valence electrons. The molecule has 0 unspecified atom stereocenters. The number of nitrogens with zero attached hydrogens (tertiary/aromatic N) is 6. The maximum atomic E-state index is 13.8. The van der Waals surface area contributed by atoms with E-state index in [2.05, 4.69) is 39.2 Å². The van der Waals surface area contributed by atoms with Crippen LogP contribution in [0.2, 0.25) is 0 Å². The van der Waals surface area contributed by atoms with E-state index in [1.807, 2.05) is 4.57 Å². The first kappa shape index (κ1) is 25.8. The van der Waals surface area contributed by atoms with E-state index >= 15 is 0 Å². The highest BCUT2D eigenvalue weighted by Gasteiger charge is 2.24. The molecule has 4 rings (SSSR count). The normalized spacial score (nSPS) is 14.0. The van der Waals surface area contributed by atoms with E-state index in [-0.39, 0.29) is 11.6 Å². The monoisotopic (exact) mass is 495 g/mol. The number of methoxy groups -OCH3 is 2. The third kappa shape index (κ3) is 5.75. The summed E-state index contributed by atoms with van der Waals surface area (Å²) >= 11 is 0. The van der Waals surface area contributed by atoms with Crippen LogP contribution in [-0.4, -0.2) is 70.0 Å². The van der Waals surface area contributed by atoms with Gasteiger partial charge in [0.25, 0.3) is 5.56 Å². The summed E-state index contributed by atoms with van der Waals surface area (Å²) < 4.78 is 12.5. The van der Waals surface area contributed by atoms with Crippen molar-refractivity contribution < 1.29 is 9.47 Å². The van der Waals surface area contributed by atoms with Crippen LogP contribution in [0.4, 0.5) is 5.95 Å². The van der Waals surface area contributed by atoms with E-state index in [0.717, 1.165) is 64.7 Å². The molecule has 0 amide bonds. The third-order valence-electron chi connectivity index (χ3n) is 6.93. The quantitative estimate of drug-likeness (QED) is 0.374. The largest absolute Gasteiger partial charge is 0.481 e. The minimum absolute atomic E-state index is 0.0872. The van der Waals surface area contributed by atoms with E-state index in [9.17, 15) is 4.79 Å². The molecule has 1 saturated carbocycles. The number of pyridine rings is 2. The summed E-state index contributed by atoms with van der Waals surface area (Å²) in [4.78, 5) is 25.3. The van der Waals surface area contributed by atoms with Gasteiger partial charge in [-0.05, 0) is 56.9 Å². The predicted molar refractivity (Wildman–Crippen MR) is 141 cm³/mol. The van der Waals surface area contributed by atoms with E-state index < -0.39 is 0 Å². The SMILES string of the molecule is CCN(CC)CCCCNc1nnc2cc(-c3cc(OC)nc(OC)c3)c(=O)n(C3CCCC3)c2n1. The van der Waals surface area contributed by atoms with Crippen LogP contribution in [0.15, 0.2) is 23.0 Å². The molecule has 1 fully saturated rings. The van der Waals surface area contributed by atoms with Crippen molar-refractivity contribution in [2.75, 3.05) is 45.7 Å². The van der Waals surface area contributed by atoms with Crippen molar-refractivity contribution in [1.82, 2.24) is 29.6 Å². The van der Waals surface area contributed by atoms with Crippen molar-refractivity contribution in [3.8, 4) is 22.9 Å². The number of fused-ring (bicyclic) bond motifs is 1. The number of hydrogen-bond donors (Lipinski definition) is 1. The minimum Gasteiger partial charge on any atom is -0.481 e. The van der Waals surface area contributed by atoms with Gasteiger partial charge in [-0.3, -0.25) is 9.36 Å². The molecule has 0 radical (unpaired) electrons. The molecule has 1 aliphatic carbocycles. The Balaban J connectivity index is 1.66. The summed E-state index contributed by atoms with van der Waals surface area (Å²) in [5, 5.41) is 12.1. The molecule has 10 nitrogen and oxygen atoms in total. The number of ether oxygens (including phenoxy) is 2. The zero-order valence-electron chi connectivity index (χ0n) is 21.8. The minimum atomic E-state index is -0.102. The maximum Gasteiger partial charge on any atom is 0.260 e. The molecule has 0 saturated heterocycles. The summed E-state index contributed by atoms with van der Waals surface area (Å²) in [6.07, 6.45) is 6.19. The Morgan fingerprint density at radius 2 is 1.69 bits per heavy atom. The van der Waals surface area contributed by atoms with Crippen LogP contribution in [0, 0.1) is 0 Å². The zero-order valence-corrected chi connectivity index (χ0v) is 21.8. The van der Waals surface area contributed by atoms with Crippen LogP contribution in [-0.2, 0) is 0 Å². The summed E-state index contributed by atoms with van der Waals surface area (Å²) in [7, 11) is 3.08. The van der Waals surface area contributed by atoms with Gasteiger partial charge in [-0.1, -0.05) is 26.7 Å². The molecule has 0 bridgehead atoms. The maximum absolute atomic E-state index is 13.8. The van der Waals surface area contributed by atoms with Crippen LogP contribution in [0.25, 0.3) is 22.3 Å². The van der Waals surface area contributed by atoms with Crippen molar-refractivity contribution >= 4 is 17.1 Å². The zero-order chi connectivity index (χ0) is 25.5. The molecule has 0 aliphatic heterocycles. The number of nitrogens with one attached hydrogen (secondary N) is 1. The molecular formula is C26H37N7O3. The van der Waals surface area contributed by atoms with Gasteiger partial charge in [-0.15, -0.1) is 10.2 Å². The number of hydrogen-bond acceptors (Lipinski definition) is 9. The summed E-state index contributed by atoms with van der Waals surface area (Å²) in [5.74, 6) is 1.21. The topological polar surface area (TPSA) is 107 Å². The highest BCUT2D eigenvalue weighted by Crippen LogP contribution is 2.32. The van der Waals surface area contributed by atoms with Crippen molar-refractivity contribution in [3.05, 3.63) is 28.6 Å². The number of aromatic nitrogens is 5. The van der Waals surface area contributed by atoms with E-state index in [1.54, 1.807) is 18.2 Å². The van der Waals surface area contributed by atoms with Gasteiger partial charge >= 0.3 is 0 Å². The highest BCUT2D eigenvalue weighted by molar-refractivity contribution is 5.79. The lowest BCUT2D eigenvalue weighted by atomic mass is 10.1. The Labute approximate surface area is 212 Å². The molecule has 0 aromatic carbocycles. The van der Waals surface area contributed by atoms with Crippen LogP contribution in [0.3, 0.4) is 0 Å². The van der Waals surface area contributed by atoms with E-state index in [1.165, 1.54) is 14.2 Å². The molecule has 36 heavy (non-hydrogen) atoms. The van der Waals surface area contributed by atoms with Gasteiger partial charge < -0.3 is 19.7 Å². The predicted octanol–water partition coefficient (Wildman–Crippen LogP) is 3.91.